The maximum atomic E-state index is 12.6. The fraction of sp³-hybridized carbons (Fsp3) is 0.647. The van der Waals surface area contributed by atoms with E-state index < -0.39 is 60.7 Å². The highest BCUT2D eigenvalue weighted by Gasteiger charge is 2.34. The van der Waals surface area contributed by atoms with Crippen molar-refractivity contribution in [1.82, 2.24) is 15.5 Å². The third kappa shape index (κ3) is 8.86. The predicted octanol–water partition coefficient (Wildman–Crippen LogP) is -4.08. The molecular weight excluding hydrogens is 412 g/mol. The molecule has 0 saturated carbocycles. The fourth-order valence-corrected chi connectivity index (χ4v) is 3.07. The number of carboxylic acid groups (broad SMARTS) is 1. The van der Waals surface area contributed by atoms with E-state index in [0.717, 1.165) is 0 Å². The fourth-order valence-electron chi connectivity index (χ4n) is 3.07. The lowest BCUT2D eigenvalue weighted by atomic mass is 10.1. The van der Waals surface area contributed by atoms with Crippen molar-refractivity contribution in [1.29, 1.82) is 0 Å². The molecule has 14 nitrogen and oxygen atoms in total. The molecule has 0 aromatic heterocycles. The lowest BCUT2D eigenvalue weighted by molar-refractivity contribution is -0.148. The molecule has 1 saturated heterocycles. The van der Waals surface area contributed by atoms with Crippen molar-refractivity contribution in [3.63, 3.8) is 0 Å². The van der Waals surface area contributed by atoms with Crippen LogP contribution in [0.25, 0.3) is 0 Å². The molecule has 3 unspecified atom stereocenters. The zero-order chi connectivity index (χ0) is 23.6. The number of primary amides is 1. The van der Waals surface area contributed by atoms with E-state index in [1.54, 1.807) is 0 Å². The smallest absolute Gasteiger partial charge is 0.326 e. The van der Waals surface area contributed by atoms with Crippen molar-refractivity contribution in [3.8, 4) is 0 Å². The number of carbonyl (C=O) groups is 5. The predicted molar refractivity (Wildman–Crippen MR) is 109 cm³/mol. The standard InChI is InChI=1S/C17H30N8O6/c18-9(7-12(19)26)14(28)24-10(3-1-5-22-17(20)21)15(29)23-8-13(27)25-6-2-4-11(25)16(30)31/h9-11H,1-8,18H2,(H2,19,26)(H,23,29)(H,24,28)(H,30,31)(H4,20,21,22). The van der Waals surface area contributed by atoms with Crippen molar-refractivity contribution < 1.29 is 29.1 Å². The van der Waals surface area contributed by atoms with Crippen LogP contribution in [0.3, 0.4) is 0 Å². The number of rotatable bonds is 12. The molecule has 31 heavy (non-hydrogen) atoms. The molecule has 0 bridgehead atoms. The van der Waals surface area contributed by atoms with Gasteiger partial charge in [-0.1, -0.05) is 0 Å². The molecule has 0 aliphatic carbocycles. The summed E-state index contributed by atoms with van der Waals surface area (Å²) in [4.78, 5) is 64.2. The Labute approximate surface area is 178 Å². The Balaban J connectivity index is 2.71. The molecule has 1 aliphatic rings. The van der Waals surface area contributed by atoms with Gasteiger partial charge in [0.25, 0.3) is 0 Å². The number of hydrogen-bond donors (Lipinski definition) is 7. The Morgan fingerprint density at radius 3 is 2.39 bits per heavy atom. The van der Waals surface area contributed by atoms with Gasteiger partial charge in [0.05, 0.1) is 19.0 Å². The molecule has 3 atom stereocenters. The molecule has 1 heterocycles. The van der Waals surface area contributed by atoms with Gasteiger partial charge in [-0.15, -0.1) is 0 Å². The molecule has 174 valence electrons. The molecule has 1 aliphatic heterocycles. The summed E-state index contributed by atoms with van der Waals surface area (Å²) in [5.74, 6) is -4.00. The summed E-state index contributed by atoms with van der Waals surface area (Å²) >= 11 is 0. The van der Waals surface area contributed by atoms with Crippen LogP contribution in [0.15, 0.2) is 4.99 Å². The van der Waals surface area contributed by atoms with Crippen LogP contribution in [-0.4, -0.2) is 83.3 Å². The first-order valence-corrected chi connectivity index (χ1v) is 9.72. The number of nitrogens with one attached hydrogen (secondary N) is 2. The van der Waals surface area contributed by atoms with Crippen LogP contribution < -0.4 is 33.6 Å². The van der Waals surface area contributed by atoms with Crippen LogP contribution >= 0.6 is 0 Å². The number of carboxylic acids is 1. The maximum Gasteiger partial charge on any atom is 0.326 e. The third-order valence-electron chi connectivity index (χ3n) is 4.61. The average Bonchev–Trinajstić information content (AvgIpc) is 3.17. The summed E-state index contributed by atoms with van der Waals surface area (Å²) in [5.41, 5.74) is 21.1. The molecule has 0 aromatic carbocycles. The van der Waals surface area contributed by atoms with Crippen molar-refractivity contribution in [2.75, 3.05) is 19.6 Å². The van der Waals surface area contributed by atoms with Crippen molar-refractivity contribution >= 4 is 35.6 Å². The van der Waals surface area contributed by atoms with Crippen molar-refractivity contribution in [2.24, 2.45) is 27.9 Å². The van der Waals surface area contributed by atoms with E-state index in [1.165, 1.54) is 4.90 Å². The van der Waals surface area contributed by atoms with Gasteiger partial charge < -0.3 is 43.6 Å². The third-order valence-corrected chi connectivity index (χ3v) is 4.61. The van der Waals surface area contributed by atoms with Crippen LogP contribution in [0.2, 0.25) is 0 Å². The van der Waals surface area contributed by atoms with E-state index in [1.807, 2.05) is 0 Å². The summed E-state index contributed by atoms with van der Waals surface area (Å²) in [6, 6.07) is -3.25. The van der Waals surface area contributed by atoms with Gasteiger partial charge in [0.2, 0.25) is 23.6 Å². The second kappa shape index (κ2) is 12.3. The largest absolute Gasteiger partial charge is 0.480 e. The van der Waals surface area contributed by atoms with Crippen LogP contribution in [0.1, 0.15) is 32.1 Å². The van der Waals surface area contributed by atoms with Crippen LogP contribution in [0.4, 0.5) is 0 Å². The quantitative estimate of drug-likeness (QED) is 0.0880. The van der Waals surface area contributed by atoms with Crippen LogP contribution in [0, 0.1) is 0 Å². The van der Waals surface area contributed by atoms with Gasteiger partial charge in [-0.25, -0.2) is 4.79 Å². The Morgan fingerprint density at radius 2 is 1.81 bits per heavy atom. The number of aliphatic imine (C=N–C) groups is 1. The SMILES string of the molecule is NC(=O)CC(N)C(=O)NC(CCCN=C(N)N)C(=O)NCC(=O)N1CCCC1C(=O)O. The Hall–Kier alpha value is -3.42. The van der Waals surface area contributed by atoms with E-state index in [9.17, 15) is 24.0 Å². The molecule has 4 amide bonds. The minimum Gasteiger partial charge on any atom is -0.480 e. The number of aliphatic carboxylic acids is 1. The summed E-state index contributed by atoms with van der Waals surface area (Å²) in [6.07, 6.45) is 0.933. The number of likely N-dealkylation sites (tertiary alicyclic amines) is 1. The molecule has 11 N–H and O–H groups in total. The highest BCUT2D eigenvalue weighted by Crippen LogP contribution is 2.17. The van der Waals surface area contributed by atoms with Crippen molar-refractivity contribution in [2.45, 2.75) is 50.2 Å². The molecule has 1 rings (SSSR count). The Kier molecular flexibility index (Phi) is 10.2. The van der Waals surface area contributed by atoms with Gasteiger partial charge >= 0.3 is 5.97 Å². The molecule has 14 heteroatoms. The highest BCUT2D eigenvalue weighted by molar-refractivity contribution is 5.94. The number of nitrogens with two attached hydrogens (primary N) is 4. The summed E-state index contributed by atoms with van der Waals surface area (Å²) < 4.78 is 0. The zero-order valence-electron chi connectivity index (χ0n) is 17.1. The molecule has 0 radical (unpaired) electrons. The molecule has 1 fully saturated rings. The number of guanidine groups is 1. The van der Waals surface area contributed by atoms with E-state index in [-0.39, 0.29) is 25.5 Å². The minimum atomic E-state index is -1.24. The van der Waals surface area contributed by atoms with E-state index in [4.69, 9.17) is 28.0 Å². The number of carbonyl (C=O) groups excluding carboxylic acids is 4. The van der Waals surface area contributed by atoms with E-state index in [0.29, 0.717) is 19.3 Å². The van der Waals surface area contributed by atoms with E-state index in [2.05, 4.69) is 15.6 Å². The molecular formula is C17H30N8O6. The second-order valence-corrected chi connectivity index (χ2v) is 7.09. The van der Waals surface area contributed by atoms with Gasteiger partial charge in [-0.3, -0.25) is 24.2 Å². The van der Waals surface area contributed by atoms with Crippen LogP contribution in [0.5, 0.6) is 0 Å². The van der Waals surface area contributed by atoms with Crippen LogP contribution in [-0.2, 0) is 24.0 Å². The van der Waals surface area contributed by atoms with Gasteiger partial charge in [0, 0.05) is 13.1 Å². The number of hydrogen-bond acceptors (Lipinski definition) is 7. The highest BCUT2D eigenvalue weighted by atomic mass is 16.4. The normalized spacial score (nSPS) is 17.3. The number of amides is 4. The van der Waals surface area contributed by atoms with Gasteiger partial charge in [0.15, 0.2) is 5.96 Å². The van der Waals surface area contributed by atoms with Gasteiger partial charge in [-0.05, 0) is 25.7 Å². The molecule has 0 aromatic rings. The lowest BCUT2D eigenvalue weighted by Crippen LogP contribution is -2.54. The average molecular weight is 442 g/mol. The Morgan fingerprint density at radius 1 is 1.13 bits per heavy atom. The summed E-state index contributed by atoms with van der Waals surface area (Å²) in [5, 5.41) is 14.0. The second-order valence-electron chi connectivity index (χ2n) is 7.09. The summed E-state index contributed by atoms with van der Waals surface area (Å²) in [6.45, 7) is 0.0465. The zero-order valence-corrected chi connectivity index (χ0v) is 17.1. The van der Waals surface area contributed by atoms with E-state index >= 15 is 0 Å². The lowest BCUT2D eigenvalue weighted by Gasteiger charge is -2.23. The maximum absolute atomic E-state index is 12.6. The monoisotopic (exact) mass is 442 g/mol. The summed E-state index contributed by atoms with van der Waals surface area (Å²) in [7, 11) is 0. The minimum absolute atomic E-state index is 0.118. The Bertz CT molecular complexity index is 723. The number of nitrogens with zero attached hydrogens (tertiary/aromatic N) is 2. The van der Waals surface area contributed by atoms with Crippen molar-refractivity contribution in [3.05, 3.63) is 0 Å². The molecule has 0 spiro atoms. The first-order chi connectivity index (χ1) is 14.5. The topological polar surface area (TPSA) is 249 Å². The van der Waals surface area contributed by atoms with Gasteiger partial charge in [0.1, 0.15) is 12.1 Å². The first kappa shape index (κ1) is 25.6. The van der Waals surface area contributed by atoms with Gasteiger partial charge in [-0.2, -0.15) is 0 Å². The first-order valence-electron chi connectivity index (χ1n) is 9.72.